The highest BCUT2D eigenvalue weighted by molar-refractivity contribution is 7.89. The van der Waals surface area contributed by atoms with Crippen LogP contribution in [-0.4, -0.2) is 44.9 Å². The highest BCUT2D eigenvalue weighted by atomic mass is 35.5. The maximum atomic E-state index is 13.1. The van der Waals surface area contributed by atoms with Gasteiger partial charge in [0.25, 0.3) is 0 Å². The highest BCUT2D eigenvalue weighted by Gasteiger charge is 2.27. The number of hydrogen-bond donors (Lipinski definition) is 1. The summed E-state index contributed by atoms with van der Waals surface area (Å²) in [4.78, 5) is 12.5. The Hall–Kier alpha value is -1.93. The topological polar surface area (TPSA) is 75.7 Å². The molecular formula is C19H23ClN2O4S. The second-order valence-electron chi connectivity index (χ2n) is 6.14. The van der Waals surface area contributed by atoms with Crippen LogP contribution >= 0.6 is 11.6 Å². The first kappa shape index (κ1) is 21.4. The first-order valence-electron chi connectivity index (χ1n) is 8.41. The van der Waals surface area contributed by atoms with Gasteiger partial charge < -0.3 is 10.1 Å². The first-order valence-corrected chi connectivity index (χ1v) is 10.2. The number of benzene rings is 2. The second kappa shape index (κ2) is 9.85. The van der Waals surface area contributed by atoms with Gasteiger partial charge in [-0.1, -0.05) is 41.9 Å². The smallest absolute Gasteiger partial charge is 0.243 e. The van der Waals surface area contributed by atoms with Gasteiger partial charge in [0.05, 0.1) is 18.0 Å². The molecule has 1 N–H and O–H groups in total. The normalized spacial score (nSPS) is 12.7. The number of carbonyl (C=O) groups excluding carboxylic acids is 1. The summed E-state index contributed by atoms with van der Waals surface area (Å²) in [5.41, 5.74) is 0.785. The van der Waals surface area contributed by atoms with Crippen LogP contribution in [-0.2, 0) is 26.1 Å². The Morgan fingerprint density at radius 2 is 1.78 bits per heavy atom. The summed E-state index contributed by atoms with van der Waals surface area (Å²) in [5.74, 6) is -0.395. The molecule has 0 saturated carbocycles. The number of ether oxygens (including phenoxy) is 1. The molecule has 0 aliphatic rings. The Kier molecular flexibility index (Phi) is 7.79. The number of carbonyl (C=O) groups is 1. The lowest BCUT2D eigenvalue weighted by molar-refractivity contribution is -0.122. The number of methoxy groups -OCH3 is 1. The summed E-state index contributed by atoms with van der Waals surface area (Å²) in [5, 5.41) is 3.18. The summed E-state index contributed by atoms with van der Waals surface area (Å²) in [6.45, 7) is 1.91. The molecule has 0 aromatic heterocycles. The van der Waals surface area contributed by atoms with Crippen molar-refractivity contribution in [2.24, 2.45) is 0 Å². The predicted octanol–water partition coefficient (Wildman–Crippen LogP) is 2.68. The van der Waals surface area contributed by atoms with Crippen molar-refractivity contribution in [1.82, 2.24) is 9.62 Å². The van der Waals surface area contributed by atoms with E-state index < -0.39 is 15.9 Å². The fourth-order valence-corrected chi connectivity index (χ4v) is 4.05. The van der Waals surface area contributed by atoms with Crippen LogP contribution in [0.5, 0.6) is 0 Å². The molecule has 146 valence electrons. The second-order valence-corrected chi connectivity index (χ2v) is 8.51. The van der Waals surface area contributed by atoms with Gasteiger partial charge in [0.2, 0.25) is 15.9 Å². The number of nitrogens with one attached hydrogen (secondary N) is 1. The van der Waals surface area contributed by atoms with Crippen LogP contribution < -0.4 is 5.32 Å². The van der Waals surface area contributed by atoms with Gasteiger partial charge in [0, 0.05) is 24.7 Å². The Morgan fingerprint density at radius 3 is 2.37 bits per heavy atom. The molecule has 2 aromatic carbocycles. The Labute approximate surface area is 165 Å². The maximum Gasteiger partial charge on any atom is 0.243 e. The molecule has 0 heterocycles. The lowest BCUT2D eigenvalue weighted by atomic mass is 10.2. The number of amides is 1. The van der Waals surface area contributed by atoms with E-state index in [1.54, 1.807) is 6.92 Å². The Balaban J connectivity index is 2.26. The molecule has 6 nitrogen and oxygen atoms in total. The number of rotatable bonds is 9. The van der Waals surface area contributed by atoms with Crippen molar-refractivity contribution in [3.05, 3.63) is 65.2 Å². The molecule has 0 aliphatic carbocycles. The molecule has 0 spiro atoms. The van der Waals surface area contributed by atoms with Crippen LogP contribution in [0.3, 0.4) is 0 Å². The van der Waals surface area contributed by atoms with Crippen LogP contribution in [0.15, 0.2) is 59.5 Å². The van der Waals surface area contributed by atoms with Crippen LogP contribution in [0.2, 0.25) is 5.02 Å². The van der Waals surface area contributed by atoms with E-state index in [0.717, 1.165) is 9.87 Å². The molecule has 0 radical (unpaired) electrons. The Bertz CT molecular complexity index is 842. The summed E-state index contributed by atoms with van der Waals surface area (Å²) in [6.07, 6.45) is 0. The van der Waals surface area contributed by atoms with Crippen molar-refractivity contribution in [2.75, 3.05) is 20.3 Å². The lowest BCUT2D eigenvalue weighted by Crippen LogP contribution is -2.44. The van der Waals surface area contributed by atoms with Crippen LogP contribution in [0, 0.1) is 0 Å². The van der Waals surface area contributed by atoms with E-state index in [0.29, 0.717) is 11.6 Å². The van der Waals surface area contributed by atoms with E-state index in [-0.39, 0.29) is 24.0 Å². The predicted molar refractivity (Wildman–Crippen MR) is 105 cm³/mol. The molecule has 2 rings (SSSR count). The van der Waals surface area contributed by atoms with Gasteiger partial charge >= 0.3 is 0 Å². The number of sulfonamides is 1. The molecule has 0 unspecified atom stereocenters. The minimum absolute atomic E-state index is 0.0812. The first-order chi connectivity index (χ1) is 12.8. The van der Waals surface area contributed by atoms with E-state index >= 15 is 0 Å². The molecule has 0 bridgehead atoms. The summed E-state index contributed by atoms with van der Waals surface area (Å²) < 4.78 is 32.3. The van der Waals surface area contributed by atoms with Crippen LogP contribution in [0.1, 0.15) is 12.5 Å². The van der Waals surface area contributed by atoms with Crippen molar-refractivity contribution in [1.29, 1.82) is 0 Å². The van der Waals surface area contributed by atoms with E-state index in [2.05, 4.69) is 5.32 Å². The SMILES string of the molecule is COC[C@@H](C)NC(=O)CN(Cc1ccccc1)S(=O)(=O)c1ccc(Cl)cc1. The van der Waals surface area contributed by atoms with Crippen LogP contribution in [0.25, 0.3) is 0 Å². The minimum atomic E-state index is -3.88. The van der Waals surface area contributed by atoms with Gasteiger partial charge in [-0.25, -0.2) is 8.42 Å². The molecule has 1 amide bonds. The van der Waals surface area contributed by atoms with Crippen molar-refractivity contribution in [2.45, 2.75) is 24.4 Å². The van der Waals surface area contributed by atoms with Gasteiger partial charge in [-0.05, 0) is 36.8 Å². The molecule has 8 heteroatoms. The zero-order valence-corrected chi connectivity index (χ0v) is 16.8. The van der Waals surface area contributed by atoms with E-state index in [9.17, 15) is 13.2 Å². The summed E-state index contributed by atoms with van der Waals surface area (Å²) >= 11 is 5.86. The molecular weight excluding hydrogens is 388 g/mol. The van der Waals surface area contributed by atoms with Crippen LogP contribution in [0.4, 0.5) is 0 Å². The third-order valence-corrected chi connectivity index (χ3v) is 5.86. The molecule has 0 fully saturated rings. The zero-order valence-electron chi connectivity index (χ0n) is 15.3. The Morgan fingerprint density at radius 1 is 1.15 bits per heavy atom. The largest absolute Gasteiger partial charge is 0.383 e. The molecule has 0 aliphatic heterocycles. The quantitative estimate of drug-likeness (QED) is 0.689. The van der Waals surface area contributed by atoms with Gasteiger partial charge in [-0.3, -0.25) is 4.79 Å². The van der Waals surface area contributed by atoms with Gasteiger partial charge in [-0.2, -0.15) is 4.31 Å². The number of halogens is 1. The van der Waals surface area contributed by atoms with Crippen molar-refractivity contribution in [3.63, 3.8) is 0 Å². The summed E-state index contributed by atoms with van der Waals surface area (Å²) in [6, 6.07) is 14.8. The van der Waals surface area contributed by atoms with E-state index in [4.69, 9.17) is 16.3 Å². The van der Waals surface area contributed by atoms with Crippen molar-refractivity contribution >= 4 is 27.5 Å². The fraction of sp³-hybridized carbons (Fsp3) is 0.316. The van der Waals surface area contributed by atoms with Crippen molar-refractivity contribution < 1.29 is 17.9 Å². The number of hydrogen-bond acceptors (Lipinski definition) is 4. The molecule has 0 saturated heterocycles. The van der Waals surface area contributed by atoms with E-state index in [1.807, 2.05) is 30.3 Å². The molecule has 2 aromatic rings. The maximum absolute atomic E-state index is 13.1. The summed E-state index contributed by atoms with van der Waals surface area (Å²) in [7, 11) is -2.34. The lowest BCUT2D eigenvalue weighted by Gasteiger charge is -2.23. The van der Waals surface area contributed by atoms with Crippen molar-refractivity contribution in [3.8, 4) is 0 Å². The average molecular weight is 411 g/mol. The zero-order chi connectivity index (χ0) is 19.9. The standard InChI is InChI=1S/C19H23ClN2O4S/c1-15(14-26-2)21-19(23)13-22(12-16-6-4-3-5-7-16)27(24,25)18-10-8-17(20)9-11-18/h3-11,15H,12-14H2,1-2H3,(H,21,23)/t15-/m1/s1. The third kappa shape index (κ3) is 6.32. The van der Waals surface area contributed by atoms with Gasteiger partial charge in [0.15, 0.2) is 0 Å². The van der Waals surface area contributed by atoms with Gasteiger partial charge in [-0.15, -0.1) is 0 Å². The average Bonchev–Trinajstić information content (AvgIpc) is 2.62. The minimum Gasteiger partial charge on any atom is -0.383 e. The molecule has 1 atom stereocenters. The van der Waals surface area contributed by atoms with Gasteiger partial charge in [0.1, 0.15) is 0 Å². The monoisotopic (exact) mass is 410 g/mol. The third-order valence-electron chi connectivity index (χ3n) is 3.80. The molecule has 27 heavy (non-hydrogen) atoms. The highest BCUT2D eigenvalue weighted by Crippen LogP contribution is 2.20. The number of nitrogens with zero attached hydrogens (tertiary/aromatic N) is 1. The van der Waals surface area contributed by atoms with E-state index in [1.165, 1.54) is 31.4 Å². The fourth-order valence-electron chi connectivity index (χ4n) is 2.54.